The van der Waals surface area contributed by atoms with Crippen molar-refractivity contribution in [3.8, 4) is 12.3 Å². The van der Waals surface area contributed by atoms with E-state index in [4.69, 9.17) is 6.42 Å². The second-order valence-corrected chi connectivity index (χ2v) is 8.14. The first-order valence-electron chi connectivity index (χ1n) is 8.87. The Morgan fingerprint density at radius 2 is 2.26 bits per heavy atom. The number of nitrogens with one attached hydrogen (secondary N) is 1. The maximum absolute atomic E-state index is 10.2. The third-order valence-corrected chi connectivity index (χ3v) is 6.12. The predicted octanol–water partition coefficient (Wildman–Crippen LogP) is 1.98. The van der Waals surface area contributed by atoms with Gasteiger partial charge < -0.3 is 0 Å². The average molecular weight is 421 g/mol. The van der Waals surface area contributed by atoms with Crippen LogP contribution in [0.15, 0.2) is 42.9 Å². The summed E-state index contributed by atoms with van der Waals surface area (Å²) in [7, 11) is 0. The fourth-order valence-corrected chi connectivity index (χ4v) is 3.87. The Labute approximate surface area is 167 Å². The molecule has 0 unspecified atom stereocenters. The molecular formula is C20H20AsN5O. The molecule has 3 heterocycles. The molecule has 1 aliphatic heterocycles. The Kier molecular flexibility index (Phi) is 5.17. The summed E-state index contributed by atoms with van der Waals surface area (Å²) in [6.07, 6.45) is 9.66. The Balaban J connectivity index is 1.62. The molecule has 2 radical (unpaired) electrons. The van der Waals surface area contributed by atoms with Crippen molar-refractivity contribution in [1.29, 1.82) is 0 Å². The molecule has 0 bridgehead atoms. The van der Waals surface area contributed by atoms with Crippen LogP contribution in [-0.2, 0) is 6.54 Å². The fourth-order valence-electron chi connectivity index (χ4n) is 3.43. The van der Waals surface area contributed by atoms with Gasteiger partial charge in [0.15, 0.2) is 0 Å². The van der Waals surface area contributed by atoms with Crippen molar-refractivity contribution in [2.75, 3.05) is 18.4 Å². The molecular weight excluding hydrogens is 401 g/mol. The zero-order chi connectivity index (χ0) is 18.8. The van der Waals surface area contributed by atoms with E-state index in [1.807, 2.05) is 35.0 Å². The average Bonchev–Trinajstić information content (AvgIpc) is 3.09. The van der Waals surface area contributed by atoms with E-state index in [2.05, 4.69) is 49.1 Å². The maximum atomic E-state index is 10.2. The van der Waals surface area contributed by atoms with E-state index in [-0.39, 0.29) is 6.10 Å². The van der Waals surface area contributed by atoms with E-state index in [0.29, 0.717) is 11.3 Å². The number of aliphatic hydroxyl groups is 1. The molecule has 0 saturated carbocycles. The Bertz CT molecular complexity index is 995. The van der Waals surface area contributed by atoms with Gasteiger partial charge in [0, 0.05) is 0 Å². The van der Waals surface area contributed by atoms with Crippen LogP contribution >= 0.6 is 0 Å². The Hall–Kier alpha value is -2.32. The monoisotopic (exact) mass is 421 g/mol. The number of likely N-dealkylation sites (tertiary alicyclic amines) is 1. The first kappa shape index (κ1) is 18.1. The molecule has 1 aliphatic rings. The van der Waals surface area contributed by atoms with Gasteiger partial charge in [-0.25, -0.2) is 0 Å². The number of aromatic nitrogens is 3. The first-order chi connectivity index (χ1) is 13.1. The number of aliphatic hydroxyl groups excluding tert-OH is 1. The predicted molar refractivity (Wildman–Crippen MR) is 106 cm³/mol. The van der Waals surface area contributed by atoms with Crippen molar-refractivity contribution in [2.45, 2.75) is 23.8 Å². The van der Waals surface area contributed by atoms with Crippen molar-refractivity contribution in [1.82, 2.24) is 19.5 Å². The second-order valence-electron chi connectivity index (χ2n) is 6.75. The number of nitrogens with zero attached hydrogens (tertiary/aromatic N) is 4. The molecule has 136 valence electrons. The molecule has 3 aromatic rings. The van der Waals surface area contributed by atoms with Crippen LogP contribution in [0, 0.1) is 12.3 Å². The van der Waals surface area contributed by atoms with Gasteiger partial charge in [0.1, 0.15) is 0 Å². The van der Waals surface area contributed by atoms with Crippen LogP contribution < -0.4 is 5.32 Å². The number of anilines is 2. The standard InChI is InChI=1S/C20H20AsN5O/c1-2-14-4-3-5-16(10-14)24-20-19-15(6-9-26(19)23-13-22-20)11-25-8-7-17(21)18(27)12-25/h1,3-6,9-10,13,17-18,27H,7-8,11-12H2,(H,22,23,24)/t17-,18-/m1/s1. The minimum absolute atomic E-state index is 0.295. The van der Waals surface area contributed by atoms with Gasteiger partial charge in [0.2, 0.25) is 0 Å². The molecule has 6 nitrogen and oxygen atoms in total. The summed E-state index contributed by atoms with van der Waals surface area (Å²) in [5, 5.41) is 17.9. The summed E-state index contributed by atoms with van der Waals surface area (Å²) >= 11 is 2.58. The van der Waals surface area contributed by atoms with E-state index in [1.165, 1.54) is 6.33 Å². The number of hydrogen-bond acceptors (Lipinski definition) is 5. The van der Waals surface area contributed by atoms with Gasteiger partial charge in [0.05, 0.1) is 0 Å². The molecule has 1 saturated heterocycles. The second kappa shape index (κ2) is 7.74. The number of piperidine rings is 1. The van der Waals surface area contributed by atoms with Crippen molar-refractivity contribution >= 4 is 33.9 Å². The number of rotatable bonds is 4. The van der Waals surface area contributed by atoms with Crippen molar-refractivity contribution in [2.24, 2.45) is 0 Å². The zero-order valence-corrected chi connectivity index (χ0v) is 16.7. The molecule has 27 heavy (non-hydrogen) atoms. The summed E-state index contributed by atoms with van der Waals surface area (Å²) in [5.74, 6) is 3.39. The molecule has 0 aliphatic carbocycles. The van der Waals surface area contributed by atoms with Gasteiger partial charge in [-0.3, -0.25) is 0 Å². The summed E-state index contributed by atoms with van der Waals surface area (Å²) in [5.41, 5.74) is 3.77. The molecule has 0 amide bonds. The van der Waals surface area contributed by atoms with E-state index in [9.17, 15) is 5.11 Å². The number of terminal acetylenes is 1. The van der Waals surface area contributed by atoms with Gasteiger partial charge in [-0.1, -0.05) is 5.92 Å². The van der Waals surface area contributed by atoms with Crippen LogP contribution in [0.2, 0.25) is 4.71 Å². The number of β-amino-alcohol motifs (C(OH)–C–C–N with tert-alkyl or cyclic N) is 1. The third-order valence-electron chi connectivity index (χ3n) is 4.85. The van der Waals surface area contributed by atoms with E-state index >= 15 is 0 Å². The van der Waals surface area contributed by atoms with Crippen molar-refractivity contribution in [3.63, 3.8) is 0 Å². The minimum atomic E-state index is -0.298. The van der Waals surface area contributed by atoms with E-state index < -0.39 is 0 Å². The molecule has 1 aromatic carbocycles. The molecule has 7 heteroatoms. The van der Waals surface area contributed by atoms with Gasteiger partial charge >= 0.3 is 149 Å². The third kappa shape index (κ3) is 3.86. The number of hydrogen-bond donors (Lipinski definition) is 2. The molecule has 1 fully saturated rings. The van der Waals surface area contributed by atoms with Crippen molar-refractivity contribution < 1.29 is 5.11 Å². The normalized spacial score (nSPS) is 20.5. The molecule has 2 atom stereocenters. The first-order valence-corrected chi connectivity index (χ1v) is 9.96. The molecule has 2 aromatic heterocycles. The molecule has 0 spiro atoms. The van der Waals surface area contributed by atoms with Crippen LogP contribution in [0.25, 0.3) is 5.52 Å². The summed E-state index contributed by atoms with van der Waals surface area (Å²) in [6, 6.07) is 9.76. The Morgan fingerprint density at radius 3 is 3.07 bits per heavy atom. The topological polar surface area (TPSA) is 65.7 Å². The van der Waals surface area contributed by atoms with Gasteiger partial charge in [0.25, 0.3) is 0 Å². The van der Waals surface area contributed by atoms with Crippen LogP contribution in [0.4, 0.5) is 11.5 Å². The summed E-state index contributed by atoms with van der Waals surface area (Å²) in [4.78, 5) is 6.72. The van der Waals surface area contributed by atoms with Gasteiger partial charge in [-0.2, -0.15) is 0 Å². The van der Waals surface area contributed by atoms with Crippen LogP contribution in [-0.4, -0.2) is 60.7 Å². The number of benzene rings is 1. The van der Waals surface area contributed by atoms with Gasteiger partial charge in [-0.15, -0.1) is 6.42 Å². The van der Waals surface area contributed by atoms with E-state index in [1.54, 1.807) is 0 Å². The van der Waals surface area contributed by atoms with Gasteiger partial charge in [-0.05, 0) is 6.07 Å². The SMILES string of the molecule is C#Cc1cccc(Nc2ncnn3ccc(CN4CC[C@@H]([As])[C@H](O)C4)c23)c1. The fraction of sp³-hybridized carbons (Fsp3) is 0.300. The molecule has 2 N–H and O–H groups in total. The Morgan fingerprint density at radius 1 is 1.37 bits per heavy atom. The zero-order valence-electron chi connectivity index (χ0n) is 14.8. The molecule has 4 rings (SSSR count). The summed E-state index contributed by atoms with van der Waals surface area (Å²) in [6.45, 7) is 2.39. The quantitative estimate of drug-likeness (QED) is 0.498. The van der Waals surface area contributed by atoms with Crippen LogP contribution in [0.1, 0.15) is 17.5 Å². The van der Waals surface area contributed by atoms with Crippen LogP contribution in [0.3, 0.4) is 0 Å². The summed E-state index contributed by atoms with van der Waals surface area (Å²) < 4.78 is 2.12. The van der Waals surface area contributed by atoms with E-state index in [0.717, 1.165) is 47.7 Å². The van der Waals surface area contributed by atoms with Crippen molar-refractivity contribution in [3.05, 3.63) is 54.0 Å². The van der Waals surface area contributed by atoms with Crippen LogP contribution in [0.5, 0.6) is 0 Å². The number of fused-ring (bicyclic) bond motifs is 1.